The molecule has 1 atom stereocenters. The van der Waals surface area contributed by atoms with E-state index in [-0.39, 0.29) is 11.9 Å². The number of hydrogen-bond acceptors (Lipinski definition) is 2. The molecule has 1 amide bonds. The minimum absolute atomic E-state index is 0.0605. The molecule has 0 fully saturated rings. The average Bonchev–Trinajstić information content (AvgIpc) is 2.54. The first-order valence-electron chi connectivity index (χ1n) is 7.33. The summed E-state index contributed by atoms with van der Waals surface area (Å²) in [6.07, 6.45) is 0.796. The average molecular weight is 299 g/mol. The zero-order valence-corrected chi connectivity index (χ0v) is 12.7. The molecule has 1 unspecified atom stereocenters. The van der Waals surface area contributed by atoms with Crippen LogP contribution in [0.3, 0.4) is 0 Å². The molecular formula is C18H18FNO2. The first-order valence-corrected chi connectivity index (χ1v) is 7.33. The Hall–Kier alpha value is -2.36. The Balaban J connectivity index is 1.91. The molecule has 1 aliphatic heterocycles. The zero-order chi connectivity index (χ0) is 15.7. The van der Waals surface area contributed by atoms with E-state index in [1.54, 1.807) is 24.1 Å². The van der Waals surface area contributed by atoms with E-state index in [1.807, 2.05) is 19.1 Å². The van der Waals surface area contributed by atoms with Crippen molar-refractivity contribution in [1.29, 1.82) is 0 Å². The maximum atomic E-state index is 13.3. The zero-order valence-electron chi connectivity index (χ0n) is 12.7. The molecule has 2 aromatic rings. The van der Waals surface area contributed by atoms with Crippen LogP contribution in [0.25, 0.3) is 0 Å². The van der Waals surface area contributed by atoms with Crippen LogP contribution in [0.15, 0.2) is 42.5 Å². The van der Waals surface area contributed by atoms with Crippen molar-refractivity contribution in [2.75, 3.05) is 13.7 Å². The highest BCUT2D eigenvalue weighted by Crippen LogP contribution is 2.33. The van der Waals surface area contributed by atoms with Crippen molar-refractivity contribution < 1.29 is 13.9 Å². The number of halogens is 1. The van der Waals surface area contributed by atoms with Gasteiger partial charge in [0.2, 0.25) is 0 Å². The Morgan fingerprint density at radius 3 is 2.82 bits per heavy atom. The normalized spacial score (nSPS) is 17.0. The van der Waals surface area contributed by atoms with Gasteiger partial charge in [0.15, 0.2) is 0 Å². The molecular weight excluding hydrogens is 281 g/mol. The van der Waals surface area contributed by atoms with Gasteiger partial charge in [0.1, 0.15) is 11.6 Å². The molecule has 3 nitrogen and oxygen atoms in total. The lowest BCUT2D eigenvalue weighted by Gasteiger charge is -2.35. The first kappa shape index (κ1) is 14.6. The molecule has 0 saturated carbocycles. The standard InChI is InChI=1S/C18H18FNO2/c1-12-17-11-16(22-2)7-6-13(17)8-9-20(12)18(21)14-4-3-5-15(19)10-14/h3-7,10-12H,8-9H2,1-2H3. The molecule has 1 heterocycles. The lowest BCUT2D eigenvalue weighted by Crippen LogP contribution is -2.38. The molecule has 114 valence electrons. The van der Waals surface area contributed by atoms with Crippen LogP contribution in [0.2, 0.25) is 0 Å². The summed E-state index contributed by atoms with van der Waals surface area (Å²) < 4.78 is 18.6. The number of amides is 1. The molecule has 0 radical (unpaired) electrons. The van der Waals surface area contributed by atoms with Crippen LogP contribution in [-0.2, 0) is 6.42 Å². The maximum absolute atomic E-state index is 13.3. The van der Waals surface area contributed by atoms with Crippen molar-refractivity contribution in [3.8, 4) is 5.75 Å². The van der Waals surface area contributed by atoms with Crippen molar-refractivity contribution in [2.45, 2.75) is 19.4 Å². The number of carbonyl (C=O) groups excluding carboxylic acids is 1. The summed E-state index contributed by atoms with van der Waals surface area (Å²) in [4.78, 5) is 14.4. The molecule has 0 aromatic heterocycles. The maximum Gasteiger partial charge on any atom is 0.254 e. The second-order valence-corrected chi connectivity index (χ2v) is 5.50. The van der Waals surface area contributed by atoms with E-state index in [0.29, 0.717) is 12.1 Å². The molecule has 2 aromatic carbocycles. The summed E-state index contributed by atoms with van der Waals surface area (Å²) in [6.45, 7) is 2.63. The second-order valence-electron chi connectivity index (χ2n) is 5.50. The lowest BCUT2D eigenvalue weighted by atomic mass is 9.92. The van der Waals surface area contributed by atoms with Crippen LogP contribution in [0.5, 0.6) is 5.75 Å². The predicted octanol–water partition coefficient (Wildman–Crippen LogP) is 3.59. The van der Waals surface area contributed by atoms with Gasteiger partial charge in [0, 0.05) is 12.1 Å². The third-order valence-electron chi connectivity index (χ3n) is 4.23. The summed E-state index contributed by atoms with van der Waals surface area (Å²) in [6, 6.07) is 11.8. The van der Waals surface area contributed by atoms with Gasteiger partial charge in [-0.05, 0) is 54.8 Å². The number of hydrogen-bond donors (Lipinski definition) is 0. The van der Waals surface area contributed by atoms with E-state index in [9.17, 15) is 9.18 Å². The second kappa shape index (κ2) is 5.79. The van der Waals surface area contributed by atoms with Gasteiger partial charge in [-0.15, -0.1) is 0 Å². The van der Waals surface area contributed by atoms with E-state index in [4.69, 9.17) is 4.74 Å². The summed E-state index contributed by atoms with van der Waals surface area (Å²) in [5, 5.41) is 0. The van der Waals surface area contributed by atoms with Crippen LogP contribution in [0.4, 0.5) is 4.39 Å². The predicted molar refractivity (Wildman–Crippen MR) is 82.5 cm³/mol. The highest BCUT2D eigenvalue weighted by molar-refractivity contribution is 5.94. The Bertz CT molecular complexity index is 714. The SMILES string of the molecule is COc1ccc2c(c1)C(C)N(C(=O)c1cccc(F)c1)CC2. The topological polar surface area (TPSA) is 29.5 Å². The Morgan fingerprint density at radius 2 is 2.09 bits per heavy atom. The quantitative estimate of drug-likeness (QED) is 0.848. The van der Waals surface area contributed by atoms with Gasteiger partial charge in [0.25, 0.3) is 5.91 Å². The highest BCUT2D eigenvalue weighted by atomic mass is 19.1. The van der Waals surface area contributed by atoms with Crippen LogP contribution >= 0.6 is 0 Å². The Morgan fingerprint density at radius 1 is 1.27 bits per heavy atom. The summed E-state index contributed by atoms with van der Waals surface area (Å²) >= 11 is 0. The van der Waals surface area contributed by atoms with Crippen molar-refractivity contribution in [1.82, 2.24) is 4.90 Å². The minimum atomic E-state index is -0.391. The highest BCUT2D eigenvalue weighted by Gasteiger charge is 2.28. The molecule has 0 bridgehead atoms. The van der Waals surface area contributed by atoms with Crippen LogP contribution in [-0.4, -0.2) is 24.5 Å². The fourth-order valence-electron chi connectivity index (χ4n) is 2.98. The molecule has 0 N–H and O–H groups in total. The molecule has 0 spiro atoms. The van der Waals surface area contributed by atoms with Crippen molar-refractivity contribution in [3.05, 3.63) is 65.0 Å². The Labute approximate surface area is 129 Å². The molecule has 0 saturated heterocycles. The summed E-state index contributed by atoms with van der Waals surface area (Å²) in [5.74, 6) is 0.253. The van der Waals surface area contributed by atoms with Crippen molar-refractivity contribution in [2.24, 2.45) is 0 Å². The third-order valence-corrected chi connectivity index (χ3v) is 4.23. The Kier molecular flexibility index (Phi) is 3.84. The number of carbonyl (C=O) groups is 1. The number of rotatable bonds is 2. The van der Waals surface area contributed by atoms with Gasteiger partial charge in [0.05, 0.1) is 13.2 Å². The molecule has 1 aliphatic rings. The van der Waals surface area contributed by atoms with Gasteiger partial charge < -0.3 is 9.64 Å². The smallest absolute Gasteiger partial charge is 0.254 e. The van der Waals surface area contributed by atoms with E-state index in [0.717, 1.165) is 17.7 Å². The van der Waals surface area contributed by atoms with Gasteiger partial charge in [-0.1, -0.05) is 12.1 Å². The number of fused-ring (bicyclic) bond motifs is 1. The first-order chi connectivity index (χ1) is 10.6. The van der Waals surface area contributed by atoms with Crippen LogP contribution < -0.4 is 4.74 Å². The van der Waals surface area contributed by atoms with Crippen LogP contribution in [0, 0.1) is 5.82 Å². The largest absolute Gasteiger partial charge is 0.497 e. The van der Waals surface area contributed by atoms with Crippen LogP contribution in [0.1, 0.15) is 34.5 Å². The monoisotopic (exact) mass is 299 g/mol. The molecule has 4 heteroatoms. The number of methoxy groups -OCH3 is 1. The van der Waals surface area contributed by atoms with E-state index in [1.165, 1.54) is 17.7 Å². The van der Waals surface area contributed by atoms with Gasteiger partial charge >= 0.3 is 0 Å². The molecule has 22 heavy (non-hydrogen) atoms. The van der Waals surface area contributed by atoms with Gasteiger partial charge in [-0.3, -0.25) is 4.79 Å². The fraction of sp³-hybridized carbons (Fsp3) is 0.278. The molecule has 0 aliphatic carbocycles. The van der Waals surface area contributed by atoms with Crippen molar-refractivity contribution >= 4 is 5.91 Å². The van der Waals surface area contributed by atoms with Gasteiger partial charge in [-0.2, -0.15) is 0 Å². The van der Waals surface area contributed by atoms with E-state index >= 15 is 0 Å². The number of ether oxygens (including phenoxy) is 1. The van der Waals surface area contributed by atoms with Crippen molar-refractivity contribution in [3.63, 3.8) is 0 Å². The lowest BCUT2D eigenvalue weighted by molar-refractivity contribution is 0.0677. The van der Waals surface area contributed by atoms with Gasteiger partial charge in [-0.25, -0.2) is 4.39 Å². The minimum Gasteiger partial charge on any atom is -0.497 e. The number of benzene rings is 2. The number of nitrogens with zero attached hydrogens (tertiary/aromatic N) is 1. The molecule has 3 rings (SSSR count). The summed E-state index contributed by atoms with van der Waals surface area (Å²) in [7, 11) is 1.63. The third kappa shape index (κ3) is 2.56. The van der Waals surface area contributed by atoms with E-state index < -0.39 is 5.82 Å². The summed E-state index contributed by atoms with van der Waals surface area (Å²) in [5.41, 5.74) is 2.71. The van der Waals surface area contributed by atoms with E-state index in [2.05, 4.69) is 6.07 Å². The fourth-order valence-corrected chi connectivity index (χ4v) is 2.98.